The van der Waals surface area contributed by atoms with Crippen molar-refractivity contribution in [3.05, 3.63) is 46.9 Å². The van der Waals surface area contributed by atoms with E-state index in [2.05, 4.69) is 10.4 Å². The highest BCUT2D eigenvalue weighted by Gasteiger charge is 2.41. The van der Waals surface area contributed by atoms with Gasteiger partial charge in [-0.05, 0) is 42.9 Å². The minimum absolute atomic E-state index is 0.184. The van der Waals surface area contributed by atoms with Gasteiger partial charge < -0.3 is 14.8 Å². The number of carbonyl (C=O) groups is 1. The van der Waals surface area contributed by atoms with E-state index in [4.69, 9.17) is 21.7 Å². The van der Waals surface area contributed by atoms with Gasteiger partial charge in [-0.2, -0.15) is 13.9 Å². The number of ether oxygens (including phenoxy) is 2. The third kappa shape index (κ3) is 4.91. The van der Waals surface area contributed by atoms with Crippen LogP contribution in [0.2, 0.25) is 0 Å². The summed E-state index contributed by atoms with van der Waals surface area (Å²) in [4.78, 5) is 14.2. The van der Waals surface area contributed by atoms with Gasteiger partial charge in [-0.3, -0.25) is 9.48 Å². The average molecular weight is 472 g/mol. The molecule has 12 heteroatoms. The summed E-state index contributed by atoms with van der Waals surface area (Å²) in [5.74, 6) is -4.33. The Bertz CT molecular complexity index is 1070. The lowest BCUT2D eigenvalue weighted by Crippen LogP contribution is -2.32. The van der Waals surface area contributed by atoms with Gasteiger partial charge in [0.05, 0.1) is 25.1 Å². The molecular weight excluding hydrogens is 452 g/mol. The topological polar surface area (TPSA) is 68.6 Å². The van der Waals surface area contributed by atoms with Crippen LogP contribution >= 0.6 is 12.2 Å². The van der Waals surface area contributed by atoms with Crippen molar-refractivity contribution in [2.75, 3.05) is 18.6 Å². The summed E-state index contributed by atoms with van der Waals surface area (Å²) in [6, 6.07) is 4.73. The second-order valence-electron chi connectivity index (χ2n) is 7.03. The molecule has 1 fully saturated rings. The fourth-order valence-electron chi connectivity index (χ4n) is 3.09. The number of anilines is 1. The molecule has 32 heavy (non-hydrogen) atoms. The summed E-state index contributed by atoms with van der Waals surface area (Å²) in [6.45, 7) is -0.0730. The molecule has 0 atom stereocenters. The fraction of sp³-hybridized carbons (Fsp3) is 0.350. The number of methoxy groups -OCH3 is 1. The first-order valence-corrected chi connectivity index (χ1v) is 9.72. The van der Waals surface area contributed by atoms with Crippen molar-refractivity contribution in [3.8, 4) is 5.75 Å². The molecule has 1 saturated heterocycles. The van der Waals surface area contributed by atoms with Crippen molar-refractivity contribution in [2.24, 2.45) is 7.05 Å². The van der Waals surface area contributed by atoms with E-state index in [0.717, 1.165) is 0 Å². The van der Waals surface area contributed by atoms with E-state index in [1.54, 1.807) is 43.0 Å². The number of carbonyl (C=O) groups excluding carboxylic acids is 1. The van der Waals surface area contributed by atoms with Crippen molar-refractivity contribution in [1.82, 2.24) is 15.1 Å². The van der Waals surface area contributed by atoms with E-state index < -0.39 is 24.9 Å². The number of nitrogens with zero attached hydrogens (tertiary/aromatic N) is 3. The highest BCUT2D eigenvalue weighted by Crippen LogP contribution is 2.28. The van der Waals surface area contributed by atoms with Crippen LogP contribution in [0.4, 0.5) is 23.2 Å². The van der Waals surface area contributed by atoms with Gasteiger partial charge in [-0.1, -0.05) is 6.07 Å². The van der Waals surface area contributed by atoms with Crippen molar-refractivity contribution in [3.63, 3.8) is 0 Å². The number of hydrogen-bond acceptors (Lipinski definition) is 5. The molecule has 172 valence electrons. The van der Waals surface area contributed by atoms with Crippen molar-refractivity contribution < 1.29 is 31.8 Å². The van der Waals surface area contributed by atoms with E-state index in [9.17, 15) is 22.4 Å². The van der Waals surface area contributed by atoms with Crippen LogP contribution in [0.15, 0.2) is 30.1 Å². The second-order valence-corrected chi connectivity index (χ2v) is 7.41. The van der Waals surface area contributed by atoms with Gasteiger partial charge in [0.25, 0.3) is 5.91 Å². The number of rotatable bonds is 8. The predicted octanol–water partition coefficient (Wildman–Crippen LogP) is 3.42. The number of thiocarbonyl (C=S) groups is 1. The molecule has 1 aromatic carbocycles. The molecule has 7 nitrogen and oxygen atoms in total. The lowest BCUT2D eigenvalue weighted by molar-refractivity contribution is -0.168. The van der Waals surface area contributed by atoms with E-state index >= 15 is 0 Å². The summed E-state index contributed by atoms with van der Waals surface area (Å²) in [6.07, 6.45) is -0.630. The molecule has 0 radical (unpaired) electrons. The van der Waals surface area contributed by atoms with Gasteiger partial charge in [0.1, 0.15) is 18.1 Å². The maximum atomic E-state index is 13.1. The molecule has 3 rings (SSSR count). The van der Waals surface area contributed by atoms with E-state index in [0.29, 0.717) is 28.3 Å². The summed E-state index contributed by atoms with van der Waals surface area (Å²) in [7, 11) is 3.10. The first kappa shape index (κ1) is 23.7. The minimum atomic E-state index is -4.25. The quantitative estimate of drug-likeness (QED) is 0.361. The second kappa shape index (κ2) is 9.25. The molecule has 0 aliphatic carbocycles. The number of halogens is 4. The Balaban J connectivity index is 1.81. The molecule has 0 bridgehead atoms. The lowest BCUT2D eigenvalue weighted by atomic mass is 10.1. The average Bonchev–Trinajstić information content (AvgIpc) is 3.18. The molecule has 1 amide bonds. The van der Waals surface area contributed by atoms with Crippen molar-refractivity contribution >= 4 is 35.0 Å². The third-order valence-corrected chi connectivity index (χ3v) is 4.88. The molecule has 0 unspecified atom stereocenters. The molecule has 1 aliphatic rings. The van der Waals surface area contributed by atoms with E-state index in [-0.39, 0.29) is 17.4 Å². The van der Waals surface area contributed by atoms with Crippen LogP contribution in [0.1, 0.15) is 16.8 Å². The zero-order valence-electron chi connectivity index (χ0n) is 17.4. The lowest BCUT2D eigenvalue weighted by Gasteiger charge is -2.16. The van der Waals surface area contributed by atoms with Crippen molar-refractivity contribution in [2.45, 2.75) is 25.9 Å². The largest absolute Gasteiger partial charge is 0.496 e. The standard InChI is InChI=1S/C20H20F4N4O3S/c1-11-15(8-27(2)26-11)28-17(29)14(25-19(28)32)7-12-4-5-16(30-3)13(6-12)9-31-10-20(23,24)18(21)22/h4-8,18H,9-10H2,1-3H3,(H,25,32)/b14-7+. The maximum Gasteiger partial charge on any atom is 0.330 e. The van der Waals surface area contributed by atoms with Crippen LogP contribution in [0.25, 0.3) is 6.08 Å². The van der Waals surface area contributed by atoms with Crippen LogP contribution < -0.4 is 15.0 Å². The number of aryl methyl sites for hydroxylation is 2. The zero-order valence-corrected chi connectivity index (χ0v) is 18.2. The third-order valence-electron chi connectivity index (χ3n) is 4.59. The number of alkyl halides is 4. The highest BCUT2D eigenvalue weighted by molar-refractivity contribution is 7.80. The van der Waals surface area contributed by atoms with Gasteiger partial charge in [0.2, 0.25) is 0 Å². The van der Waals surface area contributed by atoms with Crippen LogP contribution in [0, 0.1) is 6.92 Å². The Morgan fingerprint density at radius 2 is 2.06 bits per heavy atom. The zero-order chi connectivity index (χ0) is 23.6. The first-order chi connectivity index (χ1) is 15.0. The van der Waals surface area contributed by atoms with Gasteiger partial charge in [-0.15, -0.1) is 0 Å². The smallest absolute Gasteiger partial charge is 0.330 e. The molecule has 2 heterocycles. The van der Waals surface area contributed by atoms with Crippen LogP contribution in [0.5, 0.6) is 5.75 Å². The summed E-state index contributed by atoms with van der Waals surface area (Å²) in [5, 5.41) is 7.24. The summed E-state index contributed by atoms with van der Waals surface area (Å²) < 4.78 is 62.3. The van der Waals surface area contributed by atoms with Gasteiger partial charge in [0.15, 0.2) is 5.11 Å². The summed E-state index contributed by atoms with van der Waals surface area (Å²) >= 11 is 5.28. The monoisotopic (exact) mass is 472 g/mol. The first-order valence-electron chi connectivity index (χ1n) is 9.31. The molecule has 0 saturated carbocycles. The van der Waals surface area contributed by atoms with E-state index in [1.165, 1.54) is 18.1 Å². The molecule has 1 N–H and O–H groups in total. The maximum absolute atomic E-state index is 13.1. The van der Waals surface area contributed by atoms with E-state index in [1.807, 2.05) is 0 Å². The molecule has 1 aliphatic heterocycles. The Kier molecular flexibility index (Phi) is 6.84. The number of hydrogen-bond donors (Lipinski definition) is 1. The van der Waals surface area contributed by atoms with Gasteiger partial charge in [0, 0.05) is 18.8 Å². The van der Waals surface area contributed by atoms with Gasteiger partial charge >= 0.3 is 12.3 Å². The van der Waals surface area contributed by atoms with Gasteiger partial charge in [-0.25, -0.2) is 13.7 Å². The molecule has 0 spiro atoms. The summed E-state index contributed by atoms with van der Waals surface area (Å²) in [5.41, 5.74) is 2.23. The fourth-order valence-corrected chi connectivity index (χ4v) is 3.38. The number of benzene rings is 1. The Labute approximate surface area is 186 Å². The van der Waals surface area contributed by atoms with Crippen LogP contribution in [-0.2, 0) is 23.2 Å². The normalized spacial score (nSPS) is 15.8. The predicted molar refractivity (Wildman–Crippen MR) is 113 cm³/mol. The Morgan fingerprint density at radius 1 is 1.34 bits per heavy atom. The van der Waals surface area contributed by atoms with Crippen LogP contribution in [0.3, 0.4) is 0 Å². The molecular formula is C20H20F4N4O3S. The highest BCUT2D eigenvalue weighted by atomic mass is 32.1. The SMILES string of the molecule is COc1ccc(/C=C2/NC(=S)N(c3cn(C)nc3C)C2=O)cc1COCC(F)(F)C(F)F. The Morgan fingerprint density at radius 3 is 2.66 bits per heavy atom. The number of nitrogens with one attached hydrogen (secondary N) is 1. The number of amides is 1. The van der Waals surface area contributed by atoms with Crippen LogP contribution in [-0.4, -0.2) is 46.9 Å². The number of aromatic nitrogens is 2. The molecule has 1 aromatic heterocycles. The Hall–Kier alpha value is -2.99. The van der Waals surface area contributed by atoms with Crippen molar-refractivity contribution in [1.29, 1.82) is 0 Å². The minimum Gasteiger partial charge on any atom is -0.496 e. The molecule has 2 aromatic rings.